The van der Waals surface area contributed by atoms with Crippen molar-refractivity contribution >= 4 is 17.5 Å². The van der Waals surface area contributed by atoms with E-state index in [1.54, 1.807) is 0 Å². The molecule has 3 N–H and O–H groups in total. The van der Waals surface area contributed by atoms with E-state index in [9.17, 15) is 9.59 Å². The van der Waals surface area contributed by atoms with Crippen LogP contribution in [0.2, 0.25) is 0 Å². The molecule has 1 aromatic rings. The van der Waals surface area contributed by atoms with Crippen LogP contribution in [0, 0.1) is 6.92 Å². The number of hydrogen-bond donors (Lipinski definition) is 3. The van der Waals surface area contributed by atoms with Crippen molar-refractivity contribution in [2.75, 3.05) is 25.5 Å². The Morgan fingerprint density at radius 1 is 1.18 bits per heavy atom. The van der Waals surface area contributed by atoms with Gasteiger partial charge in [0.15, 0.2) is 13.1 Å². The molecule has 0 saturated carbocycles. The van der Waals surface area contributed by atoms with Gasteiger partial charge < -0.3 is 15.5 Å². The minimum absolute atomic E-state index is 0.0366. The van der Waals surface area contributed by atoms with E-state index in [2.05, 4.69) is 17.6 Å². The Morgan fingerprint density at radius 3 is 2.41 bits per heavy atom. The molecule has 0 fully saturated rings. The van der Waals surface area contributed by atoms with E-state index in [1.807, 2.05) is 46.0 Å². The predicted molar refractivity (Wildman–Crippen MR) is 89.1 cm³/mol. The number of carbonyl (C=O) groups excluding carboxylic acids is 2. The molecule has 0 aliphatic rings. The lowest BCUT2D eigenvalue weighted by molar-refractivity contribution is -0.862. The number of hydrogen-bond acceptors (Lipinski definition) is 2. The van der Waals surface area contributed by atoms with Crippen molar-refractivity contribution < 1.29 is 14.5 Å². The summed E-state index contributed by atoms with van der Waals surface area (Å²) in [5.41, 5.74) is 3.08. The Hall–Kier alpha value is -1.88. The molecule has 1 unspecified atom stereocenters. The zero-order valence-corrected chi connectivity index (χ0v) is 14.2. The topological polar surface area (TPSA) is 62.6 Å². The summed E-state index contributed by atoms with van der Waals surface area (Å²) in [7, 11) is 1.85. The van der Waals surface area contributed by atoms with Crippen LogP contribution in [0.15, 0.2) is 18.2 Å². The quantitative estimate of drug-likeness (QED) is 0.688. The largest absolute Gasteiger partial charge is 0.349 e. The SMILES string of the molecule is CCc1cccc(C)c1NC(=O)C[NH+](C)CC(=O)NC(C)C. The first-order valence-corrected chi connectivity index (χ1v) is 7.82. The first-order chi connectivity index (χ1) is 10.3. The third kappa shape index (κ3) is 5.85. The fourth-order valence-electron chi connectivity index (χ4n) is 2.37. The Kier molecular flexibility index (Phi) is 7.05. The summed E-state index contributed by atoms with van der Waals surface area (Å²) in [6, 6.07) is 6.13. The van der Waals surface area contributed by atoms with Gasteiger partial charge in [-0.25, -0.2) is 0 Å². The van der Waals surface area contributed by atoms with Crippen LogP contribution in [0.25, 0.3) is 0 Å². The van der Waals surface area contributed by atoms with Gasteiger partial charge >= 0.3 is 0 Å². The molecule has 5 nitrogen and oxygen atoms in total. The molecular weight excluding hydrogens is 278 g/mol. The predicted octanol–water partition coefficient (Wildman–Crippen LogP) is 0.535. The molecule has 1 aromatic carbocycles. The number of amides is 2. The molecule has 0 bridgehead atoms. The van der Waals surface area contributed by atoms with Gasteiger partial charge in [-0.3, -0.25) is 9.59 Å². The zero-order chi connectivity index (χ0) is 16.7. The van der Waals surface area contributed by atoms with E-state index in [-0.39, 0.29) is 24.4 Å². The summed E-state index contributed by atoms with van der Waals surface area (Å²) in [4.78, 5) is 24.7. The van der Waals surface area contributed by atoms with E-state index in [4.69, 9.17) is 0 Å². The maximum absolute atomic E-state index is 12.2. The molecule has 0 heterocycles. The van der Waals surface area contributed by atoms with Gasteiger partial charge in [0.05, 0.1) is 7.05 Å². The van der Waals surface area contributed by atoms with Crippen LogP contribution in [-0.4, -0.2) is 38.0 Å². The highest BCUT2D eigenvalue weighted by Crippen LogP contribution is 2.20. The second-order valence-electron chi connectivity index (χ2n) is 6.04. The van der Waals surface area contributed by atoms with Crippen LogP contribution in [0.4, 0.5) is 5.69 Å². The molecule has 0 spiro atoms. The van der Waals surface area contributed by atoms with Crippen LogP contribution in [-0.2, 0) is 16.0 Å². The molecule has 0 aromatic heterocycles. The monoisotopic (exact) mass is 306 g/mol. The van der Waals surface area contributed by atoms with Gasteiger partial charge in [0.25, 0.3) is 11.8 Å². The fraction of sp³-hybridized carbons (Fsp3) is 0.529. The molecule has 1 rings (SSSR count). The van der Waals surface area contributed by atoms with Crippen LogP contribution >= 0.6 is 0 Å². The highest BCUT2D eigenvalue weighted by atomic mass is 16.2. The lowest BCUT2D eigenvalue weighted by Gasteiger charge is -2.16. The molecule has 22 heavy (non-hydrogen) atoms. The number of carbonyl (C=O) groups is 2. The van der Waals surface area contributed by atoms with Gasteiger partial charge in [-0.2, -0.15) is 0 Å². The summed E-state index contributed by atoms with van der Waals surface area (Å²) in [6.45, 7) is 8.46. The number of rotatable bonds is 7. The van der Waals surface area contributed by atoms with E-state index in [0.29, 0.717) is 6.54 Å². The molecule has 0 aliphatic heterocycles. The number of nitrogens with one attached hydrogen (secondary N) is 3. The van der Waals surface area contributed by atoms with Gasteiger partial charge in [-0.1, -0.05) is 25.1 Å². The summed E-state index contributed by atoms with van der Waals surface area (Å²) < 4.78 is 0. The number of para-hydroxylation sites is 1. The fourth-order valence-corrected chi connectivity index (χ4v) is 2.37. The highest BCUT2D eigenvalue weighted by molar-refractivity contribution is 5.93. The van der Waals surface area contributed by atoms with E-state index < -0.39 is 0 Å². The van der Waals surface area contributed by atoms with Crippen LogP contribution < -0.4 is 15.5 Å². The summed E-state index contributed by atoms with van der Waals surface area (Å²) in [5.74, 6) is -0.107. The molecule has 0 aliphatic carbocycles. The van der Waals surface area contributed by atoms with Gasteiger partial charge in [0.1, 0.15) is 0 Å². The van der Waals surface area contributed by atoms with Crippen LogP contribution in [0.3, 0.4) is 0 Å². The van der Waals surface area contributed by atoms with Crippen molar-refractivity contribution in [2.24, 2.45) is 0 Å². The molecule has 5 heteroatoms. The number of benzene rings is 1. The van der Waals surface area contributed by atoms with Gasteiger partial charge in [-0.05, 0) is 38.3 Å². The van der Waals surface area contributed by atoms with Crippen molar-refractivity contribution in [2.45, 2.75) is 40.2 Å². The summed E-state index contributed by atoms with van der Waals surface area (Å²) in [5, 5.41) is 5.82. The Labute approximate surface area is 133 Å². The third-order valence-electron chi connectivity index (χ3n) is 3.38. The average molecular weight is 306 g/mol. The van der Waals surface area contributed by atoms with Gasteiger partial charge in [0.2, 0.25) is 0 Å². The highest BCUT2D eigenvalue weighted by Gasteiger charge is 2.16. The maximum atomic E-state index is 12.2. The normalized spacial score (nSPS) is 12.1. The Morgan fingerprint density at radius 2 is 1.82 bits per heavy atom. The first kappa shape index (κ1) is 18.2. The number of anilines is 1. The van der Waals surface area contributed by atoms with E-state index >= 15 is 0 Å². The molecular formula is C17H28N3O2+. The minimum atomic E-state index is -0.0705. The van der Waals surface area contributed by atoms with Gasteiger partial charge in [0, 0.05) is 11.7 Å². The standard InChI is InChI=1S/C17H27N3O2/c1-6-14-9-7-8-13(4)17(14)19-16(22)11-20(5)10-15(21)18-12(2)3/h7-9,12H,6,10-11H2,1-5H3,(H,18,21)(H,19,22)/p+1. The van der Waals surface area contributed by atoms with Crippen molar-refractivity contribution in [1.29, 1.82) is 0 Å². The summed E-state index contributed by atoms with van der Waals surface area (Å²) in [6.07, 6.45) is 0.872. The zero-order valence-electron chi connectivity index (χ0n) is 14.2. The lowest BCUT2D eigenvalue weighted by Crippen LogP contribution is -3.11. The van der Waals surface area contributed by atoms with E-state index in [1.165, 1.54) is 0 Å². The Balaban J connectivity index is 2.58. The molecule has 1 atom stereocenters. The van der Waals surface area contributed by atoms with Crippen LogP contribution in [0.5, 0.6) is 0 Å². The number of quaternary nitrogens is 1. The molecule has 2 amide bonds. The second kappa shape index (κ2) is 8.54. The molecule has 0 radical (unpaired) electrons. The maximum Gasteiger partial charge on any atom is 0.279 e. The van der Waals surface area contributed by atoms with Crippen molar-refractivity contribution in [1.82, 2.24) is 5.32 Å². The first-order valence-electron chi connectivity index (χ1n) is 7.82. The molecule has 0 saturated heterocycles. The Bertz CT molecular complexity index is 527. The molecule has 122 valence electrons. The lowest BCUT2D eigenvalue weighted by atomic mass is 10.1. The van der Waals surface area contributed by atoms with Crippen molar-refractivity contribution in [3.63, 3.8) is 0 Å². The van der Waals surface area contributed by atoms with Crippen LogP contribution in [0.1, 0.15) is 31.9 Å². The summed E-state index contributed by atoms with van der Waals surface area (Å²) >= 11 is 0. The van der Waals surface area contributed by atoms with Crippen molar-refractivity contribution in [3.05, 3.63) is 29.3 Å². The average Bonchev–Trinajstić information content (AvgIpc) is 2.39. The van der Waals surface area contributed by atoms with Gasteiger partial charge in [-0.15, -0.1) is 0 Å². The minimum Gasteiger partial charge on any atom is -0.349 e. The van der Waals surface area contributed by atoms with E-state index in [0.717, 1.165) is 28.1 Å². The smallest absolute Gasteiger partial charge is 0.279 e. The third-order valence-corrected chi connectivity index (χ3v) is 3.38. The number of likely N-dealkylation sites (N-methyl/N-ethyl adjacent to an activating group) is 1. The van der Waals surface area contributed by atoms with Crippen molar-refractivity contribution in [3.8, 4) is 0 Å². The number of aryl methyl sites for hydroxylation is 2. The second-order valence-corrected chi connectivity index (χ2v) is 6.04.